The van der Waals surface area contributed by atoms with Crippen LogP contribution in [0, 0.1) is 5.92 Å². The Labute approximate surface area is 105 Å². The Bertz CT molecular complexity index is 416. The molecule has 1 atom stereocenters. The number of hydrogen-bond acceptors (Lipinski definition) is 2. The van der Waals surface area contributed by atoms with Crippen LogP contribution < -0.4 is 5.73 Å². The molecule has 0 bridgehead atoms. The molecule has 0 amide bonds. The predicted octanol–water partition coefficient (Wildman–Crippen LogP) is 2.91. The van der Waals surface area contributed by atoms with Crippen molar-refractivity contribution in [3.8, 4) is 0 Å². The molecule has 1 rings (SSSR count). The molecule has 5 heteroatoms. The van der Waals surface area contributed by atoms with E-state index in [0.717, 1.165) is 0 Å². The van der Waals surface area contributed by atoms with E-state index in [1.807, 2.05) is 0 Å². The molecule has 0 saturated carbocycles. The Morgan fingerprint density at radius 3 is 2.22 bits per heavy atom. The summed E-state index contributed by atoms with van der Waals surface area (Å²) in [6, 6.07) is 3.96. The van der Waals surface area contributed by atoms with Crippen LogP contribution >= 0.6 is 0 Å². The summed E-state index contributed by atoms with van der Waals surface area (Å²) in [4.78, 5) is 10.7. The van der Waals surface area contributed by atoms with Gasteiger partial charge in [0, 0.05) is 12.0 Å². The lowest BCUT2D eigenvalue weighted by atomic mass is 9.96. The molecule has 3 N–H and O–H groups in total. The van der Waals surface area contributed by atoms with Crippen molar-refractivity contribution in [2.75, 3.05) is 0 Å². The number of carbonyl (C=O) groups is 1. The molecular weight excluding hydrogens is 240 g/mol. The minimum atomic E-state index is -2.90. The van der Waals surface area contributed by atoms with Crippen molar-refractivity contribution in [3.63, 3.8) is 0 Å². The van der Waals surface area contributed by atoms with E-state index in [2.05, 4.69) is 0 Å². The lowest BCUT2D eigenvalue weighted by Gasteiger charge is -2.19. The van der Waals surface area contributed by atoms with Gasteiger partial charge in [-0.05, 0) is 11.5 Å². The number of carboxylic acids is 1. The third kappa shape index (κ3) is 3.50. The Morgan fingerprint density at radius 2 is 1.83 bits per heavy atom. The highest BCUT2D eigenvalue weighted by Gasteiger charge is 2.32. The van der Waals surface area contributed by atoms with Gasteiger partial charge in [-0.1, -0.05) is 38.1 Å². The number of aliphatic carboxylic acids is 1. The first kappa shape index (κ1) is 14.6. The Hall–Kier alpha value is -1.49. The van der Waals surface area contributed by atoms with Gasteiger partial charge in [0.05, 0.1) is 0 Å². The second-order valence-electron chi connectivity index (χ2n) is 4.74. The lowest BCUT2D eigenvalue weighted by Crippen LogP contribution is -2.21. The van der Waals surface area contributed by atoms with Gasteiger partial charge in [0.15, 0.2) is 0 Å². The maximum atomic E-state index is 13.8. The fourth-order valence-corrected chi connectivity index (χ4v) is 1.71. The van der Waals surface area contributed by atoms with E-state index < -0.39 is 17.9 Å². The summed E-state index contributed by atoms with van der Waals surface area (Å²) in [6.45, 7) is 3.45. The van der Waals surface area contributed by atoms with Crippen molar-refractivity contribution in [1.29, 1.82) is 0 Å². The molecular formula is C13H17F2NO2. The Balaban J connectivity index is 2.92. The van der Waals surface area contributed by atoms with Crippen LogP contribution in [-0.2, 0) is 10.7 Å². The van der Waals surface area contributed by atoms with E-state index in [4.69, 9.17) is 10.8 Å². The van der Waals surface area contributed by atoms with E-state index >= 15 is 0 Å². The van der Waals surface area contributed by atoms with Crippen LogP contribution in [0.4, 0.5) is 8.78 Å². The summed E-state index contributed by atoms with van der Waals surface area (Å²) in [7, 11) is 0. The van der Waals surface area contributed by atoms with E-state index in [1.54, 1.807) is 13.8 Å². The molecule has 0 aliphatic carbocycles. The minimum absolute atomic E-state index is 0.113. The van der Waals surface area contributed by atoms with Gasteiger partial charge in [0.25, 0.3) is 5.92 Å². The summed E-state index contributed by atoms with van der Waals surface area (Å²) in [5.41, 5.74) is 5.59. The highest BCUT2D eigenvalue weighted by molar-refractivity contribution is 5.75. The average Bonchev–Trinajstić information content (AvgIpc) is 2.26. The smallest absolute Gasteiger partial charge is 0.325 e. The first-order chi connectivity index (χ1) is 8.24. The van der Waals surface area contributed by atoms with E-state index in [1.165, 1.54) is 24.3 Å². The number of carboxylic acid groups (broad SMARTS) is 1. The average molecular weight is 257 g/mol. The summed E-state index contributed by atoms with van der Waals surface area (Å²) in [5.74, 6) is -4.21. The predicted molar refractivity (Wildman–Crippen MR) is 64.4 cm³/mol. The number of hydrogen-bond donors (Lipinski definition) is 2. The van der Waals surface area contributed by atoms with Crippen LogP contribution in [0.15, 0.2) is 24.3 Å². The summed E-state index contributed by atoms with van der Waals surface area (Å²) in [5, 5.41) is 8.71. The highest BCUT2D eigenvalue weighted by atomic mass is 19.3. The van der Waals surface area contributed by atoms with Crippen molar-refractivity contribution in [2.24, 2.45) is 11.7 Å². The minimum Gasteiger partial charge on any atom is -0.480 e. The standard InChI is InChI=1S/C13H17F2NO2/c1-8(2)7-13(14,15)10-5-3-9(4-6-10)11(16)12(17)18/h3-6,8,11H,7,16H2,1-2H3,(H,17,18). The monoisotopic (exact) mass is 257 g/mol. The van der Waals surface area contributed by atoms with E-state index in [-0.39, 0.29) is 17.9 Å². The summed E-state index contributed by atoms with van der Waals surface area (Å²) >= 11 is 0. The molecule has 0 fully saturated rings. The lowest BCUT2D eigenvalue weighted by molar-refractivity contribution is -0.138. The molecule has 0 saturated heterocycles. The van der Waals surface area contributed by atoms with Crippen molar-refractivity contribution in [3.05, 3.63) is 35.4 Å². The van der Waals surface area contributed by atoms with Gasteiger partial charge in [-0.2, -0.15) is 0 Å². The van der Waals surface area contributed by atoms with Crippen LogP contribution in [0.1, 0.15) is 37.4 Å². The number of alkyl halides is 2. The van der Waals surface area contributed by atoms with E-state index in [9.17, 15) is 13.6 Å². The van der Waals surface area contributed by atoms with Crippen molar-refractivity contribution in [1.82, 2.24) is 0 Å². The zero-order valence-corrected chi connectivity index (χ0v) is 10.4. The molecule has 0 heterocycles. The normalized spacial score (nSPS) is 13.7. The first-order valence-electron chi connectivity index (χ1n) is 5.70. The Morgan fingerprint density at radius 1 is 1.33 bits per heavy atom. The molecule has 0 aromatic heterocycles. The molecule has 0 aliphatic rings. The van der Waals surface area contributed by atoms with Gasteiger partial charge < -0.3 is 10.8 Å². The molecule has 3 nitrogen and oxygen atoms in total. The van der Waals surface area contributed by atoms with Crippen molar-refractivity contribution >= 4 is 5.97 Å². The largest absolute Gasteiger partial charge is 0.480 e. The van der Waals surface area contributed by atoms with Gasteiger partial charge in [-0.25, -0.2) is 8.78 Å². The number of halogens is 2. The zero-order valence-electron chi connectivity index (χ0n) is 10.4. The molecule has 1 unspecified atom stereocenters. The number of rotatable bonds is 5. The van der Waals surface area contributed by atoms with Gasteiger partial charge in [-0.15, -0.1) is 0 Å². The third-order valence-electron chi connectivity index (χ3n) is 2.62. The molecule has 1 aromatic carbocycles. The fourth-order valence-electron chi connectivity index (χ4n) is 1.71. The topological polar surface area (TPSA) is 63.3 Å². The highest BCUT2D eigenvalue weighted by Crippen LogP contribution is 2.34. The molecule has 18 heavy (non-hydrogen) atoms. The number of benzene rings is 1. The fraction of sp³-hybridized carbons (Fsp3) is 0.462. The Kier molecular flexibility index (Phi) is 4.40. The maximum absolute atomic E-state index is 13.8. The van der Waals surface area contributed by atoms with Gasteiger partial charge in [0.1, 0.15) is 6.04 Å². The van der Waals surface area contributed by atoms with Crippen LogP contribution in [-0.4, -0.2) is 11.1 Å². The third-order valence-corrected chi connectivity index (χ3v) is 2.62. The summed E-state index contributed by atoms with van der Waals surface area (Å²) < 4.78 is 27.5. The second-order valence-corrected chi connectivity index (χ2v) is 4.74. The molecule has 0 aliphatic heterocycles. The quantitative estimate of drug-likeness (QED) is 0.852. The number of nitrogens with two attached hydrogens (primary N) is 1. The SMILES string of the molecule is CC(C)CC(F)(F)c1ccc(C(N)C(=O)O)cc1. The molecule has 0 spiro atoms. The summed E-state index contributed by atoms with van der Waals surface area (Å²) in [6.07, 6.45) is -0.239. The van der Waals surface area contributed by atoms with Crippen LogP contribution in [0.5, 0.6) is 0 Å². The van der Waals surface area contributed by atoms with Crippen molar-refractivity contribution in [2.45, 2.75) is 32.2 Å². The van der Waals surface area contributed by atoms with E-state index in [0.29, 0.717) is 5.56 Å². The first-order valence-corrected chi connectivity index (χ1v) is 5.70. The van der Waals surface area contributed by atoms with Gasteiger partial charge in [0.2, 0.25) is 0 Å². The van der Waals surface area contributed by atoms with Crippen LogP contribution in [0.2, 0.25) is 0 Å². The molecule has 1 aromatic rings. The van der Waals surface area contributed by atoms with Crippen molar-refractivity contribution < 1.29 is 18.7 Å². The van der Waals surface area contributed by atoms with Gasteiger partial charge >= 0.3 is 5.97 Å². The van der Waals surface area contributed by atoms with Crippen LogP contribution in [0.3, 0.4) is 0 Å². The van der Waals surface area contributed by atoms with Crippen LogP contribution in [0.25, 0.3) is 0 Å². The zero-order chi connectivity index (χ0) is 13.9. The molecule has 0 radical (unpaired) electrons. The maximum Gasteiger partial charge on any atom is 0.325 e. The second kappa shape index (κ2) is 5.44. The van der Waals surface area contributed by atoms with Gasteiger partial charge in [-0.3, -0.25) is 4.79 Å². The molecule has 100 valence electrons.